The number of sulfone groups is 1. The fraction of sp³-hybridized carbons (Fsp3) is 0.643. The zero-order valence-electron chi connectivity index (χ0n) is 12.9. The summed E-state index contributed by atoms with van der Waals surface area (Å²) < 4.78 is 22.5. The Labute approximate surface area is 145 Å². The molecular formula is C14H25Cl2N3O2S. The first-order valence-electron chi connectivity index (χ1n) is 7.02. The summed E-state index contributed by atoms with van der Waals surface area (Å²) in [4.78, 5) is 6.57. The second kappa shape index (κ2) is 8.91. The van der Waals surface area contributed by atoms with Crippen LogP contribution < -0.4 is 10.6 Å². The lowest BCUT2D eigenvalue weighted by molar-refractivity contribution is 0.472. The van der Waals surface area contributed by atoms with Gasteiger partial charge in [-0.2, -0.15) is 0 Å². The second-order valence-corrected chi connectivity index (χ2v) is 7.85. The van der Waals surface area contributed by atoms with Gasteiger partial charge in [0.2, 0.25) is 0 Å². The number of anilines is 1. The number of halogens is 2. The first kappa shape index (κ1) is 21.4. The zero-order chi connectivity index (χ0) is 14.8. The highest BCUT2D eigenvalue weighted by Gasteiger charge is 2.29. The van der Waals surface area contributed by atoms with Gasteiger partial charge < -0.3 is 10.6 Å². The topological polar surface area (TPSA) is 76.3 Å². The number of nitrogens with two attached hydrogens (primary N) is 1. The molecular weight excluding hydrogens is 345 g/mol. The molecule has 0 radical (unpaired) electrons. The first-order valence-corrected chi connectivity index (χ1v) is 9.08. The minimum absolute atomic E-state index is 0. The normalized spacial score (nSPS) is 21.1. The standard InChI is InChI=1S/C14H23N3O2S.2ClH/c1-3-4-12-8-17(9-13(12)15)14-6-5-11(7-16-14)10-20(2,18)19;;/h5-7,12-13H,3-4,8-10,15H2,1-2H3;2*1H/t12-,13-;;/m0../s1. The van der Waals surface area contributed by atoms with Crippen LogP contribution in [0.5, 0.6) is 0 Å². The number of rotatable bonds is 5. The van der Waals surface area contributed by atoms with Gasteiger partial charge in [0.25, 0.3) is 0 Å². The predicted octanol–water partition coefficient (Wildman–Crippen LogP) is 2.03. The third-order valence-electron chi connectivity index (χ3n) is 3.71. The van der Waals surface area contributed by atoms with Gasteiger partial charge in [0.15, 0.2) is 9.84 Å². The minimum Gasteiger partial charge on any atom is -0.355 e. The van der Waals surface area contributed by atoms with E-state index in [1.807, 2.05) is 12.1 Å². The molecule has 0 aromatic carbocycles. The van der Waals surface area contributed by atoms with Crippen LogP contribution >= 0.6 is 24.8 Å². The summed E-state index contributed by atoms with van der Waals surface area (Å²) in [6, 6.07) is 3.93. The Bertz CT molecular complexity index is 552. The minimum atomic E-state index is -3.01. The van der Waals surface area contributed by atoms with E-state index >= 15 is 0 Å². The highest BCUT2D eigenvalue weighted by Crippen LogP contribution is 2.24. The van der Waals surface area contributed by atoms with E-state index in [4.69, 9.17) is 5.73 Å². The number of nitrogens with zero attached hydrogens (tertiary/aromatic N) is 2. The van der Waals surface area contributed by atoms with Gasteiger partial charge in [0, 0.05) is 31.6 Å². The van der Waals surface area contributed by atoms with E-state index in [-0.39, 0.29) is 36.6 Å². The van der Waals surface area contributed by atoms with E-state index in [0.717, 1.165) is 37.3 Å². The average Bonchev–Trinajstić information content (AvgIpc) is 2.70. The molecule has 0 amide bonds. The van der Waals surface area contributed by atoms with Gasteiger partial charge in [-0.1, -0.05) is 19.4 Å². The van der Waals surface area contributed by atoms with Gasteiger partial charge in [0.1, 0.15) is 5.82 Å². The van der Waals surface area contributed by atoms with E-state index in [9.17, 15) is 8.42 Å². The molecule has 0 spiro atoms. The van der Waals surface area contributed by atoms with Gasteiger partial charge in [-0.15, -0.1) is 24.8 Å². The average molecular weight is 370 g/mol. The second-order valence-electron chi connectivity index (χ2n) is 5.71. The van der Waals surface area contributed by atoms with Gasteiger partial charge in [-0.25, -0.2) is 13.4 Å². The van der Waals surface area contributed by atoms with E-state index in [0.29, 0.717) is 5.92 Å². The molecule has 2 rings (SSSR count). The van der Waals surface area contributed by atoms with Crippen molar-refractivity contribution in [2.75, 3.05) is 24.2 Å². The van der Waals surface area contributed by atoms with Crippen LogP contribution in [0.3, 0.4) is 0 Å². The smallest absolute Gasteiger partial charge is 0.151 e. The van der Waals surface area contributed by atoms with Crippen LogP contribution in [0.25, 0.3) is 0 Å². The largest absolute Gasteiger partial charge is 0.355 e. The van der Waals surface area contributed by atoms with Gasteiger partial charge in [-0.05, 0) is 24.0 Å². The van der Waals surface area contributed by atoms with Crippen molar-refractivity contribution in [3.63, 3.8) is 0 Å². The molecule has 22 heavy (non-hydrogen) atoms. The van der Waals surface area contributed by atoms with Crippen molar-refractivity contribution in [1.29, 1.82) is 0 Å². The third kappa shape index (κ3) is 5.91. The Balaban J connectivity index is 0.00000220. The molecule has 0 unspecified atom stereocenters. The lowest BCUT2D eigenvalue weighted by atomic mass is 9.99. The molecule has 1 aromatic heterocycles. The fourth-order valence-corrected chi connectivity index (χ4v) is 3.53. The lowest BCUT2D eigenvalue weighted by Crippen LogP contribution is -2.29. The van der Waals surface area contributed by atoms with Gasteiger partial charge in [0.05, 0.1) is 5.75 Å². The molecule has 0 bridgehead atoms. The SMILES string of the molecule is CCC[C@H]1CN(c2ccc(CS(C)(=O)=O)cn2)C[C@@H]1N.Cl.Cl. The van der Waals surface area contributed by atoms with Crippen LogP contribution in [0.2, 0.25) is 0 Å². The number of hydrogen-bond acceptors (Lipinski definition) is 5. The lowest BCUT2D eigenvalue weighted by Gasteiger charge is -2.17. The van der Waals surface area contributed by atoms with Gasteiger partial charge in [-0.3, -0.25) is 0 Å². The van der Waals surface area contributed by atoms with Crippen LogP contribution in [0.1, 0.15) is 25.3 Å². The number of hydrogen-bond donors (Lipinski definition) is 1. The third-order valence-corrected chi connectivity index (χ3v) is 4.57. The maximum atomic E-state index is 11.2. The Morgan fingerprint density at radius 3 is 2.50 bits per heavy atom. The van der Waals surface area contributed by atoms with Crippen molar-refractivity contribution in [2.24, 2.45) is 11.7 Å². The molecule has 1 aromatic rings. The number of aromatic nitrogens is 1. The van der Waals surface area contributed by atoms with Crippen LogP contribution in [0.4, 0.5) is 5.82 Å². The van der Waals surface area contributed by atoms with Crippen molar-refractivity contribution in [1.82, 2.24) is 4.98 Å². The first-order chi connectivity index (χ1) is 9.39. The fourth-order valence-electron chi connectivity index (χ4n) is 2.75. The van der Waals surface area contributed by atoms with Crippen molar-refractivity contribution in [3.05, 3.63) is 23.9 Å². The molecule has 1 fully saturated rings. The van der Waals surface area contributed by atoms with E-state index in [1.165, 1.54) is 6.26 Å². The van der Waals surface area contributed by atoms with Crippen LogP contribution in [-0.2, 0) is 15.6 Å². The summed E-state index contributed by atoms with van der Waals surface area (Å²) >= 11 is 0. The summed E-state index contributed by atoms with van der Waals surface area (Å²) in [6.45, 7) is 3.93. The van der Waals surface area contributed by atoms with Crippen molar-refractivity contribution in [2.45, 2.75) is 31.6 Å². The predicted molar refractivity (Wildman–Crippen MR) is 95.9 cm³/mol. The van der Waals surface area contributed by atoms with Crippen LogP contribution in [-0.4, -0.2) is 38.8 Å². The number of pyridine rings is 1. The molecule has 8 heteroatoms. The molecule has 2 N–H and O–H groups in total. The summed E-state index contributed by atoms with van der Waals surface area (Å²) in [5.41, 5.74) is 6.88. The van der Waals surface area contributed by atoms with Crippen LogP contribution in [0, 0.1) is 5.92 Å². The molecule has 1 aliphatic rings. The van der Waals surface area contributed by atoms with E-state index in [2.05, 4.69) is 16.8 Å². The van der Waals surface area contributed by atoms with Crippen molar-refractivity contribution < 1.29 is 8.42 Å². The molecule has 2 atom stereocenters. The van der Waals surface area contributed by atoms with Crippen molar-refractivity contribution in [3.8, 4) is 0 Å². The molecule has 128 valence electrons. The summed E-state index contributed by atoms with van der Waals surface area (Å²) in [7, 11) is -3.01. The Kier molecular flexibility index (Phi) is 8.69. The maximum absolute atomic E-state index is 11.2. The molecule has 0 aliphatic carbocycles. The quantitative estimate of drug-likeness (QED) is 0.858. The molecule has 1 saturated heterocycles. The van der Waals surface area contributed by atoms with E-state index in [1.54, 1.807) is 6.20 Å². The Hall–Kier alpha value is -0.560. The maximum Gasteiger partial charge on any atom is 0.151 e. The molecule has 2 heterocycles. The van der Waals surface area contributed by atoms with E-state index < -0.39 is 9.84 Å². The molecule has 0 saturated carbocycles. The monoisotopic (exact) mass is 369 g/mol. The highest BCUT2D eigenvalue weighted by molar-refractivity contribution is 7.89. The molecule has 1 aliphatic heterocycles. The zero-order valence-corrected chi connectivity index (χ0v) is 15.4. The summed E-state index contributed by atoms with van der Waals surface area (Å²) in [5.74, 6) is 1.45. The highest BCUT2D eigenvalue weighted by atomic mass is 35.5. The van der Waals surface area contributed by atoms with Crippen LogP contribution in [0.15, 0.2) is 18.3 Å². The summed E-state index contributed by atoms with van der Waals surface area (Å²) in [6.07, 6.45) is 5.17. The Morgan fingerprint density at radius 2 is 2.00 bits per heavy atom. The molecule has 5 nitrogen and oxygen atoms in total. The Morgan fingerprint density at radius 1 is 1.32 bits per heavy atom. The van der Waals surface area contributed by atoms with Gasteiger partial charge >= 0.3 is 0 Å². The van der Waals surface area contributed by atoms with Crippen molar-refractivity contribution >= 4 is 40.5 Å². The summed E-state index contributed by atoms with van der Waals surface area (Å²) in [5, 5.41) is 0.